The van der Waals surface area contributed by atoms with Crippen LogP contribution in [0.4, 0.5) is 0 Å². The Kier molecular flexibility index (Phi) is 5.63. The molecule has 106 valence electrons. The quantitative estimate of drug-likeness (QED) is 0.762. The molecule has 4 heteroatoms. The van der Waals surface area contributed by atoms with Crippen LogP contribution in [0.2, 0.25) is 0 Å². The molecule has 0 radical (unpaired) electrons. The molecular formula is C15H24N2O2. The van der Waals surface area contributed by atoms with Crippen LogP contribution < -0.4 is 10.5 Å². The lowest BCUT2D eigenvalue weighted by Crippen LogP contribution is -2.39. The lowest BCUT2D eigenvalue weighted by atomic mass is 10.1. The molecule has 1 saturated heterocycles. The molecule has 19 heavy (non-hydrogen) atoms. The van der Waals surface area contributed by atoms with E-state index in [1.165, 1.54) is 0 Å². The van der Waals surface area contributed by atoms with Crippen LogP contribution in [0, 0.1) is 0 Å². The van der Waals surface area contributed by atoms with Crippen molar-refractivity contribution in [3.63, 3.8) is 0 Å². The molecule has 1 fully saturated rings. The van der Waals surface area contributed by atoms with Crippen LogP contribution in [0.25, 0.3) is 0 Å². The lowest BCUT2D eigenvalue weighted by Gasteiger charge is -2.29. The van der Waals surface area contributed by atoms with Crippen molar-refractivity contribution in [3.8, 4) is 5.75 Å². The van der Waals surface area contributed by atoms with Gasteiger partial charge in [-0.25, -0.2) is 0 Å². The second kappa shape index (κ2) is 7.48. The van der Waals surface area contributed by atoms with Gasteiger partial charge in [-0.05, 0) is 43.5 Å². The van der Waals surface area contributed by atoms with Crippen LogP contribution in [0.3, 0.4) is 0 Å². The zero-order valence-electron chi connectivity index (χ0n) is 11.4. The van der Waals surface area contributed by atoms with Crippen molar-refractivity contribution < 1.29 is 9.84 Å². The minimum Gasteiger partial charge on any atom is -0.494 e. The summed E-state index contributed by atoms with van der Waals surface area (Å²) in [5.74, 6) is 0.890. The number of rotatable bonds is 6. The minimum atomic E-state index is -0.143. The van der Waals surface area contributed by atoms with Gasteiger partial charge < -0.3 is 20.5 Å². The van der Waals surface area contributed by atoms with Gasteiger partial charge in [-0.3, -0.25) is 0 Å². The van der Waals surface area contributed by atoms with Gasteiger partial charge in [0.2, 0.25) is 0 Å². The molecule has 1 aliphatic rings. The van der Waals surface area contributed by atoms with E-state index < -0.39 is 0 Å². The fourth-order valence-corrected chi connectivity index (χ4v) is 2.47. The van der Waals surface area contributed by atoms with Crippen LogP contribution in [0.5, 0.6) is 5.75 Å². The Morgan fingerprint density at radius 3 is 3.11 bits per heavy atom. The van der Waals surface area contributed by atoms with E-state index >= 15 is 0 Å². The molecule has 0 saturated carbocycles. The maximum atomic E-state index is 9.59. The number of β-amino-alcohol motifs (C(OH)–C–C–N with tert-alkyl or cyclic N) is 1. The zero-order chi connectivity index (χ0) is 13.5. The molecule has 0 aromatic heterocycles. The number of benzene rings is 1. The molecular weight excluding hydrogens is 240 g/mol. The van der Waals surface area contributed by atoms with Gasteiger partial charge in [-0.2, -0.15) is 0 Å². The summed E-state index contributed by atoms with van der Waals surface area (Å²) in [5.41, 5.74) is 6.69. The van der Waals surface area contributed by atoms with Crippen molar-refractivity contribution in [2.45, 2.75) is 31.9 Å². The summed E-state index contributed by atoms with van der Waals surface area (Å²) in [7, 11) is 0. The SMILES string of the molecule is NCc1cccc(OCCCN2CCCC(O)C2)c1. The fourth-order valence-electron chi connectivity index (χ4n) is 2.47. The number of hydrogen-bond acceptors (Lipinski definition) is 4. The van der Waals surface area contributed by atoms with Gasteiger partial charge in [-0.1, -0.05) is 12.1 Å². The number of piperidine rings is 1. The average molecular weight is 264 g/mol. The van der Waals surface area contributed by atoms with Gasteiger partial charge >= 0.3 is 0 Å². The second-order valence-electron chi connectivity index (χ2n) is 5.15. The Morgan fingerprint density at radius 1 is 1.42 bits per heavy atom. The highest BCUT2D eigenvalue weighted by molar-refractivity contribution is 5.28. The van der Waals surface area contributed by atoms with Gasteiger partial charge in [0.25, 0.3) is 0 Å². The van der Waals surface area contributed by atoms with Crippen LogP contribution in [-0.2, 0) is 6.54 Å². The van der Waals surface area contributed by atoms with E-state index in [-0.39, 0.29) is 6.10 Å². The highest BCUT2D eigenvalue weighted by atomic mass is 16.5. The summed E-state index contributed by atoms with van der Waals surface area (Å²) in [6.45, 7) is 4.15. The number of hydrogen-bond donors (Lipinski definition) is 2. The molecule has 1 heterocycles. The first kappa shape index (κ1) is 14.3. The molecule has 2 rings (SSSR count). The smallest absolute Gasteiger partial charge is 0.119 e. The third kappa shape index (κ3) is 4.82. The molecule has 0 aliphatic carbocycles. The topological polar surface area (TPSA) is 58.7 Å². The van der Waals surface area contributed by atoms with Crippen molar-refractivity contribution in [2.75, 3.05) is 26.2 Å². The Morgan fingerprint density at radius 2 is 2.32 bits per heavy atom. The van der Waals surface area contributed by atoms with E-state index in [4.69, 9.17) is 10.5 Å². The predicted molar refractivity (Wildman–Crippen MR) is 76.1 cm³/mol. The van der Waals surface area contributed by atoms with Crippen LogP contribution in [0.1, 0.15) is 24.8 Å². The molecule has 3 N–H and O–H groups in total. The monoisotopic (exact) mass is 264 g/mol. The highest BCUT2D eigenvalue weighted by Gasteiger charge is 2.16. The number of nitrogens with two attached hydrogens (primary N) is 1. The zero-order valence-corrected chi connectivity index (χ0v) is 11.4. The average Bonchev–Trinajstić information content (AvgIpc) is 2.44. The van der Waals surface area contributed by atoms with Gasteiger partial charge in [0.1, 0.15) is 5.75 Å². The Hall–Kier alpha value is -1.10. The summed E-state index contributed by atoms with van der Waals surface area (Å²) < 4.78 is 5.72. The highest BCUT2D eigenvalue weighted by Crippen LogP contribution is 2.14. The molecule has 1 atom stereocenters. The Bertz CT molecular complexity index is 384. The molecule has 0 bridgehead atoms. The second-order valence-corrected chi connectivity index (χ2v) is 5.15. The van der Waals surface area contributed by atoms with Crippen molar-refractivity contribution in [1.29, 1.82) is 0 Å². The van der Waals surface area contributed by atoms with Crippen molar-refractivity contribution in [1.82, 2.24) is 4.90 Å². The predicted octanol–water partition coefficient (Wildman–Crippen LogP) is 1.37. The summed E-state index contributed by atoms with van der Waals surface area (Å²) >= 11 is 0. The van der Waals surface area contributed by atoms with E-state index in [0.717, 1.165) is 50.2 Å². The third-order valence-corrected chi connectivity index (χ3v) is 3.50. The minimum absolute atomic E-state index is 0.143. The van der Waals surface area contributed by atoms with Gasteiger partial charge in [0.05, 0.1) is 12.7 Å². The molecule has 1 unspecified atom stereocenters. The number of aliphatic hydroxyl groups excluding tert-OH is 1. The summed E-state index contributed by atoms with van der Waals surface area (Å²) in [6, 6.07) is 7.93. The Labute approximate surface area is 115 Å². The fraction of sp³-hybridized carbons (Fsp3) is 0.600. The lowest BCUT2D eigenvalue weighted by molar-refractivity contribution is 0.0679. The first-order valence-corrected chi connectivity index (χ1v) is 7.10. The van der Waals surface area contributed by atoms with E-state index in [1.807, 2.05) is 24.3 Å². The summed E-state index contributed by atoms with van der Waals surface area (Å²) in [5, 5.41) is 9.59. The first-order chi connectivity index (χ1) is 9.28. The number of nitrogens with zero attached hydrogens (tertiary/aromatic N) is 1. The maximum absolute atomic E-state index is 9.59. The largest absolute Gasteiger partial charge is 0.494 e. The van der Waals surface area contributed by atoms with Gasteiger partial charge in [0, 0.05) is 19.6 Å². The molecule has 1 aliphatic heterocycles. The number of ether oxygens (including phenoxy) is 1. The Balaban J connectivity index is 1.66. The summed E-state index contributed by atoms with van der Waals surface area (Å²) in [6.07, 6.45) is 2.88. The molecule has 1 aromatic rings. The molecule has 0 spiro atoms. The van der Waals surface area contributed by atoms with Crippen molar-refractivity contribution >= 4 is 0 Å². The van der Waals surface area contributed by atoms with Crippen LogP contribution >= 0.6 is 0 Å². The number of aliphatic hydroxyl groups is 1. The molecule has 0 amide bonds. The molecule has 4 nitrogen and oxygen atoms in total. The summed E-state index contributed by atoms with van der Waals surface area (Å²) in [4.78, 5) is 2.31. The normalized spacial score (nSPS) is 20.4. The van der Waals surface area contributed by atoms with Crippen LogP contribution in [-0.4, -0.2) is 42.4 Å². The third-order valence-electron chi connectivity index (χ3n) is 3.50. The maximum Gasteiger partial charge on any atom is 0.119 e. The van der Waals surface area contributed by atoms with Crippen molar-refractivity contribution in [2.24, 2.45) is 5.73 Å². The van der Waals surface area contributed by atoms with Gasteiger partial charge in [-0.15, -0.1) is 0 Å². The van der Waals surface area contributed by atoms with E-state index in [1.54, 1.807) is 0 Å². The van der Waals surface area contributed by atoms with E-state index in [2.05, 4.69) is 4.90 Å². The first-order valence-electron chi connectivity index (χ1n) is 7.10. The molecule has 1 aromatic carbocycles. The van der Waals surface area contributed by atoms with E-state index in [9.17, 15) is 5.11 Å². The van der Waals surface area contributed by atoms with Gasteiger partial charge in [0.15, 0.2) is 0 Å². The van der Waals surface area contributed by atoms with E-state index in [0.29, 0.717) is 13.2 Å². The van der Waals surface area contributed by atoms with Crippen molar-refractivity contribution in [3.05, 3.63) is 29.8 Å². The van der Waals surface area contributed by atoms with Crippen LogP contribution in [0.15, 0.2) is 24.3 Å². The standard InChI is InChI=1S/C15H24N2O2/c16-11-13-4-1-6-15(10-13)19-9-3-8-17-7-2-5-14(18)12-17/h1,4,6,10,14,18H,2-3,5,7-9,11-12,16H2. The number of likely N-dealkylation sites (tertiary alicyclic amines) is 1.